The molecule has 2 rings (SSSR count). The van der Waals surface area contributed by atoms with Crippen molar-refractivity contribution < 1.29 is 14.9 Å². The van der Waals surface area contributed by atoms with Crippen LogP contribution in [-0.2, 0) is 11.3 Å². The molecule has 4 nitrogen and oxygen atoms in total. The normalized spacial score (nSPS) is 28.7. The van der Waals surface area contributed by atoms with Crippen molar-refractivity contribution >= 4 is 11.3 Å². The Morgan fingerprint density at radius 3 is 2.83 bits per heavy atom. The van der Waals surface area contributed by atoms with Gasteiger partial charge in [-0.05, 0) is 42.0 Å². The van der Waals surface area contributed by atoms with Crippen LogP contribution in [0.5, 0.6) is 0 Å². The summed E-state index contributed by atoms with van der Waals surface area (Å²) in [7, 11) is 0. The fourth-order valence-electron chi connectivity index (χ4n) is 4.14. The summed E-state index contributed by atoms with van der Waals surface area (Å²) in [6.07, 6.45) is 2.51. The Morgan fingerprint density at radius 2 is 2.22 bits per heavy atom. The number of hydrogen-bond acceptors (Lipinski definition) is 5. The Balaban J connectivity index is 1.77. The highest BCUT2D eigenvalue weighted by molar-refractivity contribution is 7.09. The summed E-state index contributed by atoms with van der Waals surface area (Å²) in [6.45, 7) is 8.19. The van der Waals surface area contributed by atoms with Gasteiger partial charge in [-0.3, -0.25) is 0 Å². The van der Waals surface area contributed by atoms with Crippen molar-refractivity contribution in [2.24, 2.45) is 11.3 Å². The number of thiophene rings is 1. The fraction of sp³-hybridized carbons (Fsp3) is 0.778. The SMILES string of the molecule is CC1CC(C)(C)CC(CO)(NCC(O)COCc2cccs2)C1. The second-order valence-electron chi connectivity index (χ2n) is 7.92. The van der Waals surface area contributed by atoms with Crippen LogP contribution < -0.4 is 5.32 Å². The van der Waals surface area contributed by atoms with Crippen LogP contribution in [0.2, 0.25) is 0 Å². The molecular formula is C18H31NO3S. The zero-order valence-electron chi connectivity index (χ0n) is 14.5. The van der Waals surface area contributed by atoms with E-state index < -0.39 is 6.10 Å². The van der Waals surface area contributed by atoms with E-state index in [1.165, 1.54) is 11.3 Å². The van der Waals surface area contributed by atoms with Gasteiger partial charge in [-0.2, -0.15) is 0 Å². The Labute approximate surface area is 143 Å². The van der Waals surface area contributed by atoms with Crippen molar-refractivity contribution in [3.8, 4) is 0 Å². The predicted octanol–water partition coefficient (Wildman–Crippen LogP) is 2.79. The van der Waals surface area contributed by atoms with Crippen LogP contribution in [0.4, 0.5) is 0 Å². The highest BCUT2D eigenvalue weighted by Crippen LogP contribution is 2.43. The maximum Gasteiger partial charge on any atom is 0.0898 e. The lowest BCUT2D eigenvalue weighted by molar-refractivity contribution is 0.00252. The zero-order chi connectivity index (χ0) is 16.9. The second-order valence-corrected chi connectivity index (χ2v) is 8.95. The first-order valence-electron chi connectivity index (χ1n) is 8.48. The Hall–Kier alpha value is -0.460. The van der Waals surface area contributed by atoms with Gasteiger partial charge in [0, 0.05) is 17.0 Å². The van der Waals surface area contributed by atoms with E-state index in [0.717, 1.165) is 12.8 Å². The summed E-state index contributed by atoms with van der Waals surface area (Å²) in [5, 5.41) is 25.5. The first kappa shape index (κ1) is 18.9. The lowest BCUT2D eigenvalue weighted by atomic mass is 9.64. The number of hydrogen-bond donors (Lipinski definition) is 3. The third-order valence-corrected chi connectivity index (χ3v) is 5.46. The zero-order valence-corrected chi connectivity index (χ0v) is 15.4. The molecule has 1 aromatic heterocycles. The molecule has 0 radical (unpaired) electrons. The third-order valence-electron chi connectivity index (χ3n) is 4.61. The van der Waals surface area contributed by atoms with Crippen molar-refractivity contribution in [1.29, 1.82) is 0 Å². The molecule has 1 heterocycles. The monoisotopic (exact) mass is 341 g/mol. The molecule has 0 amide bonds. The van der Waals surface area contributed by atoms with Crippen molar-refractivity contribution in [2.45, 2.75) is 58.3 Å². The molecule has 23 heavy (non-hydrogen) atoms. The average molecular weight is 342 g/mol. The molecule has 1 aliphatic carbocycles. The highest BCUT2D eigenvalue weighted by atomic mass is 32.1. The minimum atomic E-state index is -0.557. The lowest BCUT2D eigenvalue weighted by Crippen LogP contribution is -2.57. The van der Waals surface area contributed by atoms with Gasteiger partial charge in [0.2, 0.25) is 0 Å². The van der Waals surface area contributed by atoms with Gasteiger partial charge in [-0.25, -0.2) is 0 Å². The third kappa shape index (κ3) is 5.84. The van der Waals surface area contributed by atoms with E-state index in [0.29, 0.717) is 25.7 Å². The molecule has 1 saturated carbocycles. The molecule has 3 N–H and O–H groups in total. The molecule has 0 aliphatic heterocycles. The molecule has 0 bridgehead atoms. The van der Waals surface area contributed by atoms with Gasteiger partial charge < -0.3 is 20.3 Å². The summed E-state index contributed by atoms with van der Waals surface area (Å²) >= 11 is 1.66. The summed E-state index contributed by atoms with van der Waals surface area (Å²) in [4.78, 5) is 1.17. The maximum absolute atomic E-state index is 10.1. The molecule has 0 aromatic carbocycles. The van der Waals surface area contributed by atoms with Gasteiger partial charge in [0.05, 0.1) is 25.9 Å². The van der Waals surface area contributed by atoms with E-state index >= 15 is 0 Å². The van der Waals surface area contributed by atoms with E-state index in [9.17, 15) is 10.2 Å². The summed E-state index contributed by atoms with van der Waals surface area (Å²) in [5.41, 5.74) is -0.0656. The highest BCUT2D eigenvalue weighted by Gasteiger charge is 2.42. The first-order valence-corrected chi connectivity index (χ1v) is 9.36. The maximum atomic E-state index is 10.1. The molecule has 3 unspecified atom stereocenters. The number of rotatable bonds is 8. The van der Waals surface area contributed by atoms with Gasteiger partial charge >= 0.3 is 0 Å². The number of ether oxygens (including phenoxy) is 1. The summed E-state index contributed by atoms with van der Waals surface area (Å²) in [6, 6.07) is 4.03. The Bertz CT molecular complexity index is 463. The molecule has 1 fully saturated rings. The summed E-state index contributed by atoms with van der Waals surface area (Å²) < 4.78 is 5.57. The quantitative estimate of drug-likeness (QED) is 0.680. The molecule has 1 aliphatic rings. The Kier molecular flexibility index (Phi) is 6.63. The lowest BCUT2D eigenvalue weighted by Gasteiger charge is -2.47. The van der Waals surface area contributed by atoms with Gasteiger partial charge in [0.15, 0.2) is 0 Å². The van der Waals surface area contributed by atoms with Crippen LogP contribution in [0.15, 0.2) is 17.5 Å². The molecule has 3 atom stereocenters. The van der Waals surface area contributed by atoms with E-state index in [4.69, 9.17) is 4.74 Å². The standard InChI is InChI=1S/C18H31NO3S/c1-14-7-17(2,3)12-18(8-14,13-20)19-9-15(21)10-22-11-16-5-4-6-23-16/h4-6,14-15,19-21H,7-13H2,1-3H3. The average Bonchev–Trinajstić information content (AvgIpc) is 2.96. The minimum absolute atomic E-state index is 0.115. The van der Waals surface area contributed by atoms with Crippen molar-refractivity contribution in [1.82, 2.24) is 5.32 Å². The van der Waals surface area contributed by atoms with E-state index in [1.54, 1.807) is 11.3 Å². The van der Waals surface area contributed by atoms with Gasteiger partial charge in [-0.1, -0.05) is 26.8 Å². The minimum Gasteiger partial charge on any atom is -0.394 e. The smallest absolute Gasteiger partial charge is 0.0898 e. The number of aliphatic hydroxyl groups excluding tert-OH is 2. The molecule has 0 spiro atoms. The molecular weight excluding hydrogens is 310 g/mol. The number of β-amino-alcohol motifs (C(OH)–C–C–N with tert-alkyl or cyclic N) is 1. The van der Waals surface area contributed by atoms with E-state index in [1.807, 2.05) is 17.5 Å². The molecule has 5 heteroatoms. The van der Waals surface area contributed by atoms with Crippen molar-refractivity contribution in [3.63, 3.8) is 0 Å². The van der Waals surface area contributed by atoms with Gasteiger partial charge in [0.25, 0.3) is 0 Å². The van der Waals surface area contributed by atoms with E-state index in [-0.39, 0.29) is 17.6 Å². The van der Waals surface area contributed by atoms with Crippen LogP contribution >= 0.6 is 11.3 Å². The van der Waals surface area contributed by atoms with Gasteiger partial charge in [0.1, 0.15) is 0 Å². The van der Waals surface area contributed by atoms with Crippen molar-refractivity contribution in [2.75, 3.05) is 19.8 Å². The summed E-state index contributed by atoms with van der Waals surface area (Å²) in [5.74, 6) is 0.575. The molecule has 1 aromatic rings. The fourth-order valence-corrected chi connectivity index (χ4v) is 4.78. The molecule has 132 valence electrons. The van der Waals surface area contributed by atoms with Crippen LogP contribution in [0.25, 0.3) is 0 Å². The van der Waals surface area contributed by atoms with Crippen LogP contribution in [0.3, 0.4) is 0 Å². The van der Waals surface area contributed by atoms with Gasteiger partial charge in [-0.15, -0.1) is 11.3 Å². The largest absolute Gasteiger partial charge is 0.394 e. The van der Waals surface area contributed by atoms with E-state index in [2.05, 4.69) is 26.1 Å². The number of nitrogens with one attached hydrogen (secondary N) is 1. The number of aliphatic hydroxyl groups is 2. The first-order chi connectivity index (χ1) is 10.8. The Morgan fingerprint density at radius 1 is 1.43 bits per heavy atom. The second kappa shape index (κ2) is 8.08. The van der Waals surface area contributed by atoms with Crippen LogP contribution in [0.1, 0.15) is 44.9 Å². The predicted molar refractivity (Wildman–Crippen MR) is 94.6 cm³/mol. The topological polar surface area (TPSA) is 61.7 Å². The van der Waals surface area contributed by atoms with Crippen LogP contribution in [0, 0.1) is 11.3 Å². The van der Waals surface area contributed by atoms with Crippen molar-refractivity contribution in [3.05, 3.63) is 22.4 Å². The molecule has 0 saturated heterocycles. The van der Waals surface area contributed by atoms with Crippen LogP contribution in [-0.4, -0.2) is 41.6 Å².